The van der Waals surface area contributed by atoms with E-state index in [1.807, 2.05) is 48.5 Å². The fourth-order valence-electron chi connectivity index (χ4n) is 1.51. The number of anilines is 2. The zero-order chi connectivity index (χ0) is 12.3. The molecule has 0 atom stereocenters. The standard InChI is InChI=1S/C14H14N2S/c1-10-6-8-11(9-7-10)14(17)16-13-5-3-2-4-12(13)15/h2-9H,15H2,1H3,(H,16,17). The SMILES string of the molecule is Cc1ccc(C(=S)Nc2ccccc2N)cc1. The summed E-state index contributed by atoms with van der Waals surface area (Å²) in [7, 11) is 0. The number of rotatable bonds is 2. The molecule has 0 spiro atoms. The molecule has 3 N–H and O–H groups in total. The van der Waals surface area contributed by atoms with E-state index in [1.54, 1.807) is 0 Å². The third-order valence-electron chi connectivity index (χ3n) is 2.52. The molecule has 0 bridgehead atoms. The molecular weight excluding hydrogens is 228 g/mol. The van der Waals surface area contributed by atoms with Crippen LogP contribution in [0.5, 0.6) is 0 Å². The van der Waals surface area contributed by atoms with Gasteiger partial charge in [0.05, 0.1) is 11.4 Å². The van der Waals surface area contributed by atoms with Crippen molar-refractivity contribution in [2.24, 2.45) is 0 Å². The van der Waals surface area contributed by atoms with Gasteiger partial charge in [-0.25, -0.2) is 0 Å². The minimum atomic E-state index is 0.683. The molecule has 0 saturated heterocycles. The number of nitrogens with two attached hydrogens (primary N) is 1. The number of nitrogen functional groups attached to an aromatic ring is 1. The van der Waals surface area contributed by atoms with Crippen LogP contribution >= 0.6 is 12.2 Å². The average Bonchev–Trinajstić information content (AvgIpc) is 2.33. The van der Waals surface area contributed by atoms with Crippen molar-refractivity contribution in [1.29, 1.82) is 0 Å². The maximum atomic E-state index is 5.85. The smallest absolute Gasteiger partial charge is 0.111 e. The average molecular weight is 242 g/mol. The van der Waals surface area contributed by atoms with Gasteiger partial charge in [0.25, 0.3) is 0 Å². The quantitative estimate of drug-likeness (QED) is 0.626. The van der Waals surface area contributed by atoms with Gasteiger partial charge in [0.2, 0.25) is 0 Å². The van der Waals surface area contributed by atoms with Crippen LogP contribution in [-0.2, 0) is 0 Å². The lowest BCUT2D eigenvalue weighted by Crippen LogP contribution is -2.11. The maximum Gasteiger partial charge on any atom is 0.111 e. The lowest BCUT2D eigenvalue weighted by atomic mass is 10.1. The van der Waals surface area contributed by atoms with Crippen molar-refractivity contribution >= 4 is 28.6 Å². The number of nitrogens with one attached hydrogen (secondary N) is 1. The van der Waals surface area contributed by atoms with E-state index in [-0.39, 0.29) is 0 Å². The summed E-state index contributed by atoms with van der Waals surface area (Å²) in [5.74, 6) is 0. The van der Waals surface area contributed by atoms with Crippen molar-refractivity contribution in [3.63, 3.8) is 0 Å². The van der Waals surface area contributed by atoms with Gasteiger partial charge in [-0.1, -0.05) is 54.2 Å². The molecule has 2 aromatic rings. The summed E-state index contributed by atoms with van der Waals surface area (Å²) in [4.78, 5) is 0.683. The van der Waals surface area contributed by atoms with E-state index in [0.717, 1.165) is 11.3 Å². The number of hydrogen-bond donors (Lipinski definition) is 2. The molecule has 17 heavy (non-hydrogen) atoms. The minimum absolute atomic E-state index is 0.683. The highest BCUT2D eigenvalue weighted by molar-refractivity contribution is 7.81. The van der Waals surface area contributed by atoms with Crippen LogP contribution in [0.4, 0.5) is 11.4 Å². The molecule has 0 fully saturated rings. The predicted octanol–water partition coefficient (Wildman–Crippen LogP) is 3.36. The van der Waals surface area contributed by atoms with Crippen LogP contribution in [-0.4, -0.2) is 4.99 Å². The van der Waals surface area contributed by atoms with Crippen molar-refractivity contribution in [3.05, 3.63) is 59.7 Å². The van der Waals surface area contributed by atoms with Crippen LogP contribution in [0.25, 0.3) is 0 Å². The Balaban J connectivity index is 2.17. The molecule has 0 amide bonds. The van der Waals surface area contributed by atoms with Gasteiger partial charge in [-0.05, 0) is 19.1 Å². The summed E-state index contributed by atoms with van der Waals surface area (Å²) >= 11 is 5.34. The molecule has 0 aliphatic carbocycles. The fourth-order valence-corrected chi connectivity index (χ4v) is 1.76. The first-order valence-corrected chi connectivity index (χ1v) is 5.80. The van der Waals surface area contributed by atoms with E-state index < -0.39 is 0 Å². The molecule has 0 aromatic heterocycles. The van der Waals surface area contributed by atoms with Gasteiger partial charge in [0.15, 0.2) is 0 Å². The van der Waals surface area contributed by atoms with Gasteiger partial charge < -0.3 is 11.1 Å². The van der Waals surface area contributed by atoms with Gasteiger partial charge in [0.1, 0.15) is 4.99 Å². The Labute approximate surface area is 106 Å². The maximum absolute atomic E-state index is 5.85. The van der Waals surface area contributed by atoms with Crippen molar-refractivity contribution < 1.29 is 0 Å². The summed E-state index contributed by atoms with van der Waals surface area (Å²) in [6.45, 7) is 2.05. The summed E-state index contributed by atoms with van der Waals surface area (Å²) in [6.07, 6.45) is 0. The van der Waals surface area contributed by atoms with E-state index >= 15 is 0 Å². The zero-order valence-corrected chi connectivity index (χ0v) is 10.4. The third-order valence-corrected chi connectivity index (χ3v) is 2.86. The van der Waals surface area contributed by atoms with Crippen molar-refractivity contribution in [2.75, 3.05) is 11.1 Å². The largest absolute Gasteiger partial charge is 0.397 e. The Kier molecular flexibility index (Phi) is 3.40. The summed E-state index contributed by atoms with van der Waals surface area (Å²) < 4.78 is 0. The molecule has 86 valence electrons. The Bertz CT molecular complexity index is 532. The minimum Gasteiger partial charge on any atom is -0.397 e. The van der Waals surface area contributed by atoms with Crippen molar-refractivity contribution in [3.8, 4) is 0 Å². The normalized spacial score (nSPS) is 9.94. The second kappa shape index (κ2) is 4.97. The monoisotopic (exact) mass is 242 g/mol. The predicted molar refractivity (Wildman–Crippen MR) is 77.4 cm³/mol. The Hall–Kier alpha value is -1.87. The molecular formula is C14H14N2S. The second-order valence-corrected chi connectivity index (χ2v) is 4.32. The molecule has 0 saturated carbocycles. The topological polar surface area (TPSA) is 38.0 Å². The Morgan fingerprint density at radius 1 is 1.06 bits per heavy atom. The molecule has 0 heterocycles. The number of aryl methyl sites for hydroxylation is 1. The summed E-state index contributed by atoms with van der Waals surface area (Å²) in [6, 6.07) is 15.7. The molecule has 0 radical (unpaired) electrons. The first kappa shape index (κ1) is 11.6. The molecule has 2 rings (SSSR count). The van der Waals surface area contributed by atoms with Crippen LogP contribution in [0.3, 0.4) is 0 Å². The van der Waals surface area contributed by atoms with Crippen LogP contribution in [0.15, 0.2) is 48.5 Å². The molecule has 2 aromatic carbocycles. The van der Waals surface area contributed by atoms with Gasteiger partial charge in [-0.3, -0.25) is 0 Å². The number of para-hydroxylation sites is 2. The van der Waals surface area contributed by atoms with E-state index in [9.17, 15) is 0 Å². The Morgan fingerprint density at radius 3 is 2.35 bits per heavy atom. The summed E-state index contributed by atoms with van der Waals surface area (Å²) in [5.41, 5.74) is 9.60. The highest BCUT2D eigenvalue weighted by Crippen LogP contribution is 2.18. The Morgan fingerprint density at radius 2 is 1.71 bits per heavy atom. The lowest BCUT2D eigenvalue weighted by Gasteiger charge is -2.10. The molecule has 0 aliphatic heterocycles. The van der Waals surface area contributed by atoms with Gasteiger partial charge in [-0.2, -0.15) is 0 Å². The van der Waals surface area contributed by atoms with Crippen LogP contribution in [0.1, 0.15) is 11.1 Å². The highest BCUT2D eigenvalue weighted by Gasteiger charge is 2.03. The first-order chi connectivity index (χ1) is 8.16. The number of benzene rings is 2. The van der Waals surface area contributed by atoms with E-state index in [1.165, 1.54) is 5.56 Å². The third kappa shape index (κ3) is 2.82. The van der Waals surface area contributed by atoms with E-state index in [0.29, 0.717) is 10.7 Å². The molecule has 0 aliphatic rings. The molecule has 3 heteroatoms. The van der Waals surface area contributed by atoms with Crippen LogP contribution in [0, 0.1) is 6.92 Å². The van der Waals surface area contributed by atoms with Gasteiger partial charge in [-0.15, -0.1) is 0 Å². The zero-order valence-electron chi connectivity index (χ0n) is 9.60. The lowest BCUT2D eigenvalue weighted by molar-refractivity contribution is 1.46. The van der Waals surface area contributed by atoms with E-state index in [2.05, 4.69) is 12.2 Å². The highest BCUT2D eigenvalue weighted by atomic mass is 32.1. The number of thiocarbonyl (C=S) groups is 1. The van der Waals surface area contributed by atoms with Crippen LogP contribution < -0.4 is 11.1 Å². The molecule has 0 unspecified atom stereocenters. The van der Waals surface area contributed by atoms with Gasteiger partial charge >= 0.3 is 0 Å². The van der Waals surface area contributed by atoms with Gasteiger partial charge in [0, 0.05) is 5.56 Å². The molecule has 2 nitrogen and oxygen atoms in total. The van der Waals surface area contributed by atoms with Crippen LogP contribution in [0.2, 0.25) is 0 Å². The second-order valence-electron chi connectivity index (χ2n) is 3.91. The fraction of sp³-hybridized carbons (Fsp3) is 0.0714. The first-order valence-electron chi connectivity index (χ1n) is 5.39. The number of hydrogen-bond acceptors (Lipinski definition) is 2. The van der Waals surface area contributed by atoms with Crippen molar-refractivity contribution in [2.45, 2.75) is 6.92 Å². The van der Waals surface area contributed by atoms with Crippen molar-refractivity contribution in [1.82, 2.24) is 0 Å². The summed E-state index contributed by atoms with van der Waals surface area (Å²) in [5, 5.41) is 3.15. The van der Waals surface area contributed by atoms with E-state index in [4.69, 9.17) is 18.0 Å².